The molecule has 1 aliphatic heterocycles. The molecule has 28 heavy (non-hydrogen) atoms. The minimum absolute atomic E-state index is 0.0132. The highest BCUT2D eigenvalue weighted by atomic mass is 16.3. The largest absolute Gasteiger partial charge is 0.386 e. The first-order valence-electron chi connectivity index (χ1n) is 9.05. The molecule has 0 radical (unpaired) electrons. The maximum Gasteiger partial charge on any atom is 0.239 e. The molecule has 1 amide bonds. The highest BCUT2D eigenvalue weighted by molar-refractivity contribution is 6.02. The third-order valence-electron chi connectivity index (χ3n) is 5.41. The molecule has 3 N–H and O–H groups in total. The molecule has 0 bridgehead atoms. The SMILES string of the molecule is CN1C(=N)N[C@](C)(c2cccc(C#N)c2)[C@@H](c2ccc(C(C)(C)O)cc2)C1=O. The van der Waals surface area contributed by atoms with Gasteiger partial charge in [-0.3, -0.25) is 15.1 Å². The molecule has 0 saturated carbocycles. The van der Waals surface area contributed by atoms with Crippen LogP contribution >= 0.6 is 0 Å². The van der Waals surface area contributed by atoms with E-state index in [1.165, 1.54) is 4.90 Å². The number of hydrogen-bond donors (Lipinski definition) is 3. The lowest BCUT2D eigenvalue weighted by Gasteiger charge is -2.46. The van der Waals surface area contributed by atoms with E-state index < -0.39 is 17.1 Å². The Balaban J connectivity index is 2.14. The van der Waals surface area contributed by atoms with Crippen LogP contribution in [0, 0.1) is 16.7 Å². The van der Waals surface area contributed by atoms with Crippen LogP contribution in [0.5, 0.6) is 0 Å². The molecule has 3 rings (SSSR count). The van der Waals surface area contributed by atoms with E-state index in [0.717, 1.165) is 16.7 Å². The lowest BCUT2D eigenvalue weighted by atomic mass is 9.73. The fourth-order valence-electron chi connectivity index (χ4n) is 3.66. The average molecular weight is 376 g/mol. The van der Waals surface area contributed by atoms with Crippen molar-refractivity contribution in [3.63, 3.8) is 0 Å². The number of nitrogens with zero attached hydrogens (tertiary/aromatic N) is 2. The van der Waals surface area contributed by atoms with Gasteiger partial charge in [0.05, 0.1) is 28.7 Å². The average Bonchev–Trinajstić information content (AvgIpc) is 2.66. The predicted molar refractivity (Wildman–Crippen MR) is 107 cm³/mol. The number of benzene rings is 2. The summed E-state index contributed by atoms with van der Waals surface area (Å²) in [6, 6.07) is 16.5. The van der Waals surface area contributed by atoms with Crippen LogP contribution in [0.2, 0.25) is 0 Å². The van der Waals surface area contributed by atoms with Gasteiger partial charge < -0.3 is 10.4 Å². The third kappa shape index (κ3) is 3.25. The molecule has 144 valence electrons. The van der Waals surface area contributed by atoms with Crippen LogP contribution in [0.4, 0.5) is 0 Å². The number of guanidine groups is 1. The zero-order valence-electron chi connectivity index (χ0n) is 16.4. The van der Waals surface area contributed by atoms with E-state index in [0.29, 0.717) is 5.56 Å². The minimum Gasteiger partial charge on any atom is -0.386 e. The van der Waals surface area contributed by atoms with Gasteiger partial charge in [0.1, 0.15) is 0 Å². The Hall–Kier alpha value is -3.17. The van der Waals surface area contributed by atoms with Gasteiger partial charge in [0.15, 0.2) is 5.96 Å². The molecular formula is C22H24N4O2. The van der Waals surface area contributed by atoms with E-state index >= 15 is 0 Å². The summed E-state index contributed by atoms with van der Waals surface area (Å²) in [4.78, 5) is 14.5. The molecule has 2 atom stereocenters. The molecule has 1 saturated heterocycles. The normalized spacial score (nSPS) is 22.6. The van der Waals surface area contributed by atoms with Crippen molar-refractivity contribution in [1.29, 1.82) is 10.7 Å². The fourth-order valence-corrected chi connectivity index (χ4v) is 3.66. The Morgan fingerprint density at radius 2 is 1.89 bits per heavy atom. The molecule has 0 aliphatic carbocycles. The first kappa shape index (κ1) is 19.6. The maximum atomic E-state index is 13.2. The van der Waals surface area contributed by atoms with Gasteiger partial charge in [-0.05, 0) is 49.6 Å². The van der Waals surface area contributed by atoms with E-state index in [1.54, 1.807) is 39.1 Å². The van der Waals surface area contributed by atoms with E-state index in [2.05, 4.69) is 11.4 Å². The number of carbonyl (C=O) groups excluding carboxylic acids is 1. The Labute approximate surface area is 164 Å². The highest BCUT2D eigenvalue weighted by Gasteiger charge is 2.48. The van der Waals surface area contributed by atoms with Gasteiger partial charge in [-0.15, -0.1) is 0 Å². The molecule has 1 heterocycles. The Morgan fingerprint density at radius 1 is 1.25 bits per heavy atom. The molecule has 1 aliphatic rings. The van der Waals surface area contributed by atoms with Crippen molar-refractivity contribution in [2.75, 3.05) is 7.05 Å². The van der Waals surface area contributed by atoms with Gasteiger partial charge in [-0.25, -0.2) is 0 Å². The van der Waals surface area contributed by atoms with Crippen LogP contribution in [-0.4, -0.2) is 28.9 Å². The summed E-state index contributed by atoms with van der Waals surface area (Å²) in [5.41, 5.74) is 0.904. The summed E-state index contributed by atoms with van der Waals surface area (Å²) >= 11 is 0. The van der Waals surface area contributed by atoms with Crippen molar-refractivity contribution in [3.8, 4) is 6.07 Å². The Kier molecular flexibility index (Phi) is 4.74. The van der Waals surface area contributed by atoms with Crippen molar-refractivity contribution in [2.45, 2.75) is 37.8 Å². The molecule has 2 aromatic carbocycles. The maximum absolute atomic E-state index is 13.2. The van der Waals surface area contributed by atoms with Gasteiger partial charge in [-0.2, -0.15) is 5.26 Å². The number of carbonyl (C=O) groups is 1. The van der Waals surface area contributed by atoms with Crippen LogP contribution in [0.1, 0.15) is 48.9 Å². The van der Waals surface area contributed by atoms with Gasteiger partial charge in [0.2, 0.25) is 5.91 Å². The molecule has 0 spiro atoms. The molecule has 0 aromatic heterocycles. The number of amides is 1. The molecule has 6 heteroatoms. The van der Waals surface area contributed by atoms with Gasteiger partial charge in [0.25, 0.3) is 0 Å². The second kappa shape index (κ2) is 6.77. The molecule has 6 nitrogen and oxygen atoms in total. The number of hydrogen-bond acceptors (Lipinski definition) is 4. The lowest BCUT2D eigenvalue weighted by molar-refractivity contribution is -0.131. The van der Waals surface area contributed by atoms with Gasteiger partial charge >= 0.3 is 0 Å². The number of rotatable bonds is 3. The second-order valence-corrected chi connectivity index (χ2v) is 7.88. The van der Waals surface area contributed by atoms with Crippen molar-refractivity contribution in [2.24, 2.45) is 0 Å². The fraction of sp³-hybridized carbons (Fsp3) is 0.318. The summed E-state index contributed by atoms with van der Waals surface area (Å²) in [5, 5.41) is 30.8. The first-order chi connectivity index (χ1) is 13.1. The van der Waals surface area contributed by atoms with Crippen LogP contribution in [0.25, 0.3) is 0 Å². The number of likely N-dealkylation sites (N-methyl/N-ethyl adjacent to an activating group) is 1. The molecule has 1 fully saturated rings. The van der Waals surface area contributed by atoms with E-state index in [1.807, 2.05) is 37.3 Å². The zero-order valence-corrected chi connectivity index (χ0v) is 16.4. The van der Waals surface area contributed by atoms with Crippen LogP contribution in [0.3, 0.4) is 0 Å². The van der Waals surface area contributed by atoms with Gasteiger partial charge in [0, 0.05) is 7.05 Å². The van der Waals surface area contributed by atoms with Crippen LogP contribution < -0.4 is 5.32 Å². The molecule has 0 unspecified atom stereocenters. The van der Waals surface area contributed by atoms with Crippen molar-refractivity contribution in [3.05, 3.63) is 70.8 Å². The summed E-state index contributed by atoms with van der Waals surface area (Å²) in [5.74, 6) is -0.791. The monoisotopic (exact) mass is 376 g/mol. The standard InChI is InChI=1S/C22H24N4O2/c1-21(2,28)16-10-8-15(9-11-16)18-19(27)26(4)20(24)25-22(18,3)17-7-5-6-14(12-17)13-23/h5-12,18,28H,1-4H3,(H2,24,25)/t18-,22+/m0/s1. The van der Waals surface area contributed by atoms with Crippen LogP contribution in [0.15, 0.2) is 48.5 Å². The summed E-state index contributed by atoms with van der Waals surface area (Å²) in [6.07, 6.45) is 0. The van der Waals surface area contributed by atoms with Crippen molar-refractivity contribution >= 4 is 11.9 Å². The second-order valence-electron chi connectivity index (χ2n) is 7.88. The lowest BCUT2D eigenvalue weighted by Crippen LogP contribution is -2.62. The smallest absolute Gasteiger partial charge is 0.239 e. The minimum atomic E-state index is -0.975. The number of aliphatic hydroxyl groups is 1. The van der Waals surface area contributed by atoms with Crippen molar-refractivity contribution < 1.29 is 9.90 Å². The highest BCUT2D eigenvalue weighted by Crippen LogP contribution is 2.41. The van der Waals surface area contributed by atoms with Crippen LogP contribution in [-0.2, 0) is 15.9 Å². The summed E-state index contributed by atoms with van der Waals surface area (Å²) in [6.45, 7) is 5.29. The topological polar surface area (TPSA) is 100 Å². The first-order valence-corrected chi connectivity index (χ1v) is 9.05. The Morgan fingerprint density at radius 3 is 2.46 bits per heavy atom. The molecule has 2 aromatic rings. The van der Waals surface area contributed by atoms with Gasteiger partial charge in [-0.1, -0.05) is 36.4 Å². The summed E-state index contributed by atoms with van der Waals surface area (Å²) in [7, 11) is 1.57. The van der Waals surface area contributed by atoms with E-state index in [9.17, 15) is 15.2 Å². The summed E-state index contributed by atoms with van der Waals surface area (Å²) < 4.78 is 0. The number of nitriles is 1. The Bertz CT molecular complexity index is 969. The predicted octanol–water partition coefficient (Wildman–Crippen LogP) is 2.78. The van der Waals surface area contributed by atoms with E-state index in [4.69, 9.17) is 5.41 Å². The third-order valence-corrected chi connectivity index (χ3v) is 5.41. The van der Waals surface area contributed by atoms with Crippen molar-refractivity contribution in [1.82, 2.24) is 10.2 Å². The quantitative estimate of drug-likeness (QED) is 0.767. The zero-order chi connectivity index (χ0) is 20.7. The number of nitrogens with one attached hydrogen (secondary N) is 2. The van der Waals surface area contributed by atoms with E-state index in [-0.39, 0.29) is 11.9 Å². The molecular weight excluding hydrogens is 352 g/mol.